The molecule has 7 nitrogen and oxygen atoms in total. The Morgan fingerprint density at radius 3 is 2.59 bits per heavy atom. The van der Waals surface area contributed by atoms with Gasteiger partial charge in [-0.15, -0.1) is 10.2 Å². The van der Waals surface area contributed by atoms with E-state index in [0.717, 1.165) is 16.5 Å². The van der Waals surface area contributed by atoms with E-state index in [4.69, 9.17) is 16.0 Å². The fraction of sp³-hybridized carbons (Fsp3) is 0.200. The topological polar surface area (TPSA) is 88.3 Å². The fourth-order valence-corrected chi connectivity index (χ4v) is 3.60. The highest BCUT2D eigenvalue weighted by Crippen LogP contribution is 2.34. The van der Waals surface area contributed by atoms with Crippen LogP contribution in [0, 0.1) is 5.82 Å². The molecule has 0 spiro atoms. The molecular weight excluding hydrogens is 399 g/mol. The van der Waals surface area contributed by atoms with Gasteiger partial charge in [0.2, 0.25) is 11.8 Å². The van der Waals surface area contributed by atoms with Crippen LogP contribution in [0.3, 0.4) is 0 Å². The second-order valence-electron chi connectivity index (χ2n) is 6.82. The Morgan fingerprint density at radius 1 is 1.14 bits per heavy atom. The second kappa shape index (κ2) is 7.29. The summed E-state index contributed by atoms with van der Waals surface area (Å²) < 4.78 is 18.9. The van der Waals surface area contributed by atoms with E-state index in [1.165, 1.54) is 19.1 Å². The molecule has 1 atom stereocenters. The molecule has 148 valence electrons. The molecule has 1 aromatic heterocycles. The van der Waals surface area contributed by atoms with Crippen LogP contribution in [0.2, 0.25) is 5.02 Å². The van der Waals surface area contributed by atoms with Gasteiger partial charge in [0.25, 0.3) is 5.91 Å². The van der Waals surface area contributed by atoms with Gasteiger partial charge in [-0.05, 0) is 24.6 Å². The van der Waals surface area contributed by atoms with E-state index in [2.05, 4.69) is 15.5 Å². The van der Waals surface area contributed by atoms with E-state index < -0.39 is 23.3 Å². The highest BCUT2D eigenvalue weighted by Gasteiger charge is 2.50. The number of hydrogen-bond acceptors (Lipinski definition) is 5. The SMILES string of the molecule is CC1(c2ccc(F)cc2Cl)NC(=O)N(Cc2nnc(Cc3ccccc3)o2)C1=O. The Labute approximate surface area is 170 Å². The van der Waals surface area contributed by atoms with Gasteiger partial charge in [-0.25, -0.2) is 9.18 Å². The number of nitrogens with one attached hydrogen (secondary N) is 1. The minimum Gasteiger partial charge on any atom is -0.423 e. The van der Waals surface area contributed by atoms with Crippen molar-refractivity contribution in [3.8, 4) is 0 Å². The van der Waals surface area contributed by atoms with Gasteiger partial charge in [0, 0.05) is 10.6 Å². The monoisotopic (exact) mass is 414 g/mol. The van der Waals surface area contributed by atoms with Gasteiger partial charge in [0.15, 0.2) is 0 Å². The number of nitrogens with zero attached hydrogens (tertiary/aromatic N) is 3. The molecule has 0 saturated carbocycles. The Morgan fingerprint density at radius 2 is 1.86 bits per heavy atom. The number of imide groups is 1. The summed E-state index contributed by atoms with van der Waals surface area (Å²) in [6.45, 7) is 1.34. The number of hydrogen-bond donors (Lipinski definition) is 1. The zero-order valence-corrected chi connectivity index (χ0v) is 16.1. The zero-order valence-electron chi connectivity index (χ0n) is 15.4. The Bertz CT molecular complexity index is 1090. The van der Waals surface area contributed by atoms with E-state index >= 15 is 0 Å². The lowest BCUT2D eigenvalue weighted by molar-refractivity contribution is -0.131. The molecule has 1 fully saturated rings. The predicted octanol–water partition coefficient (Wildman–Crippen LogP) is 3.42. The minimum atomic E-state index is -1.42. The summed E-state index contributed by atoms with van der Waals surface area (Å²) in [4.78, 5) is 26.4. The molecule has 1 unspecified atom stereocenters. The fourth-order valence-electron chi connectivity index (χ4n) is 3.25. The molecular formula is C20H16ClFN4O3. The van der Waals surface area contributed by atoms with Crippen LogP contribution >= 0.6 is 11.6 Å². The van der Waals surface area contributed by atoms with Crippen molar-refractivity contribution in [2.75, 3.05) is 0 Å². The largest absolute Gasteiger partial charge is 0.423 e. The third-order valence-corrected chi connectivity index (χ3v) is 5.06. The molecule has 0 bridgehead atoms. The maximum atomic E-state index is 13.4. The first-order valence-electron chi connectivity index (χ1n) is 8.81. The van der Waals surface area contributed by atoms with Crippen LogP contribution in [-0.2, 0) is 23.3 Å². The van der Waals surface area contributed by atoms with Crippen molar-refractivity contribution in [1.29, 1.82) is 0 Å². The zero-order chi connectivity index (χ0) is 20.6. The second-order valence-corrected chi connectivity index (χ2v) is 7.23. The van der Waals surface area contributed by atoms with Crippen molar-refractivity contribution in [2.24, 2.45) is 0 Å². The van der Waals surface area contributed by atoms with Gasteiger partial charge in [-0.3, -0.25) is 9.69 Å². The summed E-state index contributed by atoms with van der Waals surface area (Å²) in [7, 11) is 0. The molecule has 4 rings (SSSR count). The van der Waals surface area contributed by atoms with E-state index in [9.17, 15) is 14.0 Å². The molecule has 0 aliphatic carbocycles. The van der Waals surface area contributed by atoms with Crippen molar-refractivity contribution in [2.45, 2.75) is 25.4 Å². The summed E-state index contributed by atoms with van der Waals surface area (Å²) in [5, 5.41) is 10.6. The molecule has 1 aliphatic heterocycles. The molecule has 1 N–H and O–H groups in total. The van der Waals surface area contributed by atoms with Crippen molar-refractivity contribution in [3.05, 3.63) is 82.3 Å². The quantitative estimate of drug-likeness (QED) is 0.646. The number of urea groups is 1. The van der Waals surface area contributed by atoms with Crippen molar-refractivity contribution in [1.82, 2.24) is 20.4 Å². The lowest BCUT2D eigenvalue weighted by Crippen LogP contribution is -2.41. The van der Waals surface area contributed by atoms with Gasteiger partial charge in [0.1, 0.15) is 17.9 Å². The Kier molecular flexibility index (Phi) is 4.79. The van der Waals surface area contributed by atoms with Crippen molar-refractivity contribution in [3.63, 3.8) is 0 Å². The average Bonchev–Trinajstić information content (AvgIpc) is 3.20. The first-order chi connectivity index (χ1) is 13.9. The normalized spacial score (nSPS) is 18.9. The Balaban J connectivity index is 1.53. The molecule has 3 amide bonds. The molecule has 1 saturated heterocycles. The number of carbonyl (C=O) groups is 2. The minimum absolute atomic E-state index is 0.0472. The predicted molar refractivity (Wildman–Crippen MR) is 101 cm³/mol. The van der Waals surface area contributed by atoms with Gasteiger partial charge < -0.3 is 9.73 Å². The summed E-state index contributed by atoms with van der Waals surface area (Å²) in [5.41, 5.74) is -0.123. The first kappa shape index (κ1) is 19.1. The summed E-state index contributed by atoms with van der Waals surface area (Å²) in [5.74, 6) is -0.567. The van der Waals surface area contributed by atoms with Gasteiger partial charge in [-0.2, -0.15) is 0 Å². The average molecular weight is 415 g/mol. The maximum absolute atomic E-state index is 13.4. The van der Waals surface area contributed by atoms with E-state index in [1.807, 2.05) is 30.3 Å². The molecule has 1 aliphatic rings. The number of amides is 3. The highest BCUT2D eigenvalue weighted by molar-refractivity contribution is 6.32. The molecule has 29 heavy (non-hydrogen) atoms. The van der Waals surface area contributed by atoms with Crippen molar-refractivity contribution < 1.29 is 18.4 Å². The Hall–Kier alpha value is -3.26. The van der Waals surface area contributed by atoms with Crippen molar-refractivity contribution >= 4 is 23.5 Å². The molecule has 0 radical (unpaired) electrons. The number of carbonyl (C=O) groups excluding carboxylic acids is 2. The lowest BCUT2D eigenvalue weighted by Gasteiger charge is -2.23. The van der Waals surface area contributed by atoms with Crippen LogP contribution in [0.1, 0.15) is 29.8 Å². The van der Waals surface area contributed by atoms with Gasteiger partial charge in [0.05, 0.1) is 6.42 Å². The van der Waals surface area contributed by atoms with E-state index in [1.54, 1.807) is 0 Å². The smallest absolute Gasteiger partial charge is 0.325 e. The summed E-state index contributed by atoms with van der Waals surface area (Å²) >= 11 is 6.10. The van der Waals surface area contributed by atoms with Crippen LogP contribution < -0.4 is 5.32 Å². The lowest BCUT2D eigenvalue weighted by atomic mass is 9.92. The maximum Gasteiger partial charge on any atom is 0.325 e. The van der Waals surface area contributed by atoms with Crippen LogP contribution in [-0.4, -0.2) is 27.0 Å². The first-order valence-corrected chi connectivity index (χ1v) is 9.19. The molecule has 3 aromatic rings. The highest BCUT2D eigenvalue weighted by atomic mass is 35.5. The third kappa shape index (κ3) is 3.58. The third-order valence-electron chi connectivity index (χ3n) is 4.75. The summed E-state index contributed by atoms with van der Waals surface area (Å²) in [6.07, 6.45) is 0.441. The number of benzene rings is 2. The number of rotatable bonds is 5. The van der Waals surface area contributed by atoms with Crippen LogP contribution in [0.4, 0.5) is 9.18 Å². The number of aromatic nitrogens is 2. The van der Waals surface area contributed by atoms with Crippen LogP contribution in [0.15, 0.2) is 52.9 Å². The van der Waals surface area contributed by atoms with E-state index in [0.29, 0.717) is 17.9 Å². The van der Waals surface area contributed by atoms with Gasteiger partial charge >= 0.3 is 6.03 Å². The molecule has 2 aromatic carbocycles. The molecule has 2 heterocycles. The van der Waals surface area contributed by atoms with Crippen LogP contribution in [0.25, 0.3) is 0 Å². The molecule has 9 heteroatoms. The van der Waals surface area contributed by atoms with Crippen LogP contribution in [0.5, 0.6) is 0 Å². The summed E-state index contributed by atoms with van der Waals surface area (Å²) in [6, 6.07) is 12.6. The van der Waals surface area contributed by atoms with E-state index in [-0.39, 0.29) is 17.5 Å². The number of halogens is 2. The standard InChI is InChI=1S/C20H16ClFN4O3/c1-20(14-8-7-13(22)10-15(14)21)18(27)26(19(28)23-20)11-17-25-24-16(29-17)9-12-5-3-2-4-6-12/h2-8,10H,9,11H2,1H3,(H,23,28). The van der Waals surface area contributed by atoms with Gasteiger partial charge in [-0.1, -0.05) is 48.0 Å².